The first-order valence-corrected chi connectivity index (χ1v) is 8.98. The van der Waals surface area contributed by atoms with Crippen LogP contribution < -0.4 is 0 Å². The van der Waals surface area contributed by atoms with E-state index in [-0.39, 0.29) is 23.6 Å². The Morgan fingerprint density at radius 3 is 2.43 bits per heavy atom. The average Bonchev–Trinajstić information content (AvgIpc) is 3.14. The molecule has 0 aliphatic rings. The van der Waals surface area contributed by atoms with E-state index in [2.05, 4.69) is 40.8 Å². The fourth-order valence-electron chi connectivity index (χ4n) is 3.06. The summed E-state index contributed by atoms with van der Waals surface area (Å²) in [5, 5.41) is 5.13. The highest BCUT2D eigenvalue weighted by molar-refractivity contribution is 6.33. The highest BCUT2D eigenvalue weighted by Gasteiger charge is 2.27. The molecule has 28 heavy (non-hydrogen) atoms. The molecular formula is C20H20Cl2FN5. The number of halogens is 3. The third kappa shape index (κ3) is 3.38. The van der Waals surface area contributed by atoms with Crippen LogP contribution in [-0.2, 0) is 12.5 Å². The zero-order chi connectivity index (χ0) is 19.3. The van der Waals surface area contributed by atoms with Gasteiger partial charge in [-0.25, -0.2) is 14.4 Å². The van der Waals surface area contributed by atoms with E-state index in [0.29, 0.717) is 33.4 Å². The fourth-order valence-corrected chi connectivity index (χ4v) is 3.59. The monoisotopic (exact) mass is 419 g/mol. The Hall–Kier alpha value is -2.44. The summed E-state index contributed by atoms with van der Waals surface area (Å²) in [6.07, 6.45) is 0. The van der Waals surface area contributed by atoms with Gasteiger partial charge in [-0.2, -0.15) is 5.10 Å². The van der Waals surface area contributed by atoms with E-state index in [1.807, 2.05) is 13.1 Å². The number of fused-ring (bicyclic) bond motifs is 1. The molecule has 1 N–H and O–H groups in total. The van der Waals surface area contributed by atoms with Crippen LogP contribution in [0.2, 0.25) is 5.02 Å². The second-order valence-electron chi connectivity index (χ2n) is 7.52. The van der Waals surface area contributed by atoms with Crippen LogP contribution in [0.15, 0.2) is 36.4 Å². The summed E-state index contributed by atoms with van der Waals surface area (Å²) in [6, 6.07) is 10.2. The van der Waals surface area contributed by atoms with Crippen LogP contribution >= 0.6 is 24.0 Å². The van der Waals surface area contributed by atoms with Crippen molar-refractivity contribution in [3.63, 3.8) is 0 Å². The van der Waals surface area contributed by atoms with Gasteiger partial charge in [-0.05, 0) is 24.3 Å². The van der Waals surface area contributed by atoms with E-state index in [0.717, 1.165) is 11.2 Å². The molecule has 0 saturated carbocycles. The summed E-state index contributed by atoms with van der Waals surface area (Å²) in [4.78, 5) is 12.3. The molecule has 4 rings (SSSR count). The normalized spacial score (nSPS) is 11.6. The molecule has 0 unspecified atom stereocenters. The molecule has 0 amide bonds. The topological polar surface area (TPSA) is 59.4 Å². The van der Waals surface area contributed by atoms with Gasteiger partial charge in [0.2, 0.25) is 0 Å². The molecule has 0 aliphatic carbocycles. The predicted octanol–water partition coefficient (Wildman–Crippen LogP) is 5.54. The Labute approximate surface area is 173 Å². The number of hydrogen-bond acceptors (Lipinski definition) is 3. The van der Waals surface area contributed by atoms with Crippen LogP contribution in [0.5, 0.6) is 0 Å². The van der Waals surface area contributed by atoms with Crippen LogP contribution in [-0.4, -0.2) is 24.7 Å². The third-order valence-electron chi connectivity index (χ3n) is 4.42. The summed E-state index contributed by atoms with van der Waals surface area (Å²) >= 11 is 6.61. The van der Waals surface area contributed by atoms with E-state index >= 15 is 0 Å². The maximum Gasteiger partial charge on any atom is 0.178 e. The summed E-state index contributed by atoms with van der Waals surface area (Å²) in [5.74, 6) is 0.267. The van der Waals surface area contributed by atoms with Gasteiger partial charge in [-0.1, -0.05) is 44.5 Å². The first kappa shape index (κ1) is 20.3. The van der Waals surface area contributed by atoms with E-state index in [9.17, 15) is 4.39 Å². The molecule has 3 heterocycles. The molecular weight excluding hydrogens is 400 g/mol. The minimum Gasteiger partial charge on any atom is -0.335 e. The number of nitrogens with one attached hydrogen (secondary N) is 1. The number of pyridine rings is 1. The molecule has 1 aromatic carbocycles. The van der Waals surface area contributed by atoms with Crippen LogP contribution in [0, 0.1) is 5.82 Å². The zero-order valence-corrected chi connectivity index (χ0v) is 17.5. The van der Waals surface area contributed by atoms with Gasteiger partial charge in [0.05, 0.1) is 21.9 Å². The number of imidazole rings is 1. The first-order chi connectivity index (χ1) is 12.8. The van der Waals surface area contributed by atoms with Crippen LogP contribution in [0.1, 0.15) is 26.5 Å². The molecule has 0 radical (unpaired) electrons. The van der Waals surface area contributed by atoms with Crippen molar-refractivity contribution in [3.8, 4) is 22.8 Å². The molecule has 4 aromatic rings. The zero-order valence-electron chi connectivity index (χ0n) is 15.9. The second kappa shape index (κ2) is 7.18. The lowest BCUT2D eigenvalue weighted by molar-refractivity contribution is 0.553. The number of aromatic amines is 1. The van der Waals surface area contributed by atoms with Gasteiger partial charge >= 0.3 is 0 Å². The molecule has 5 nitrogen and oxygen atoms in total. The van der Waals surface area contributed by atoms with Gasteiger partial charge in [-0.3, -0.25) is 4.68 Å². The van der Waals surface area contributed by atoms with Gasteiger partial charge in [-0.15, -0.1) is 12.4 Å². The maximum atomic E-state index is 14.1. The smallest absolute Gasteiger partial charge is 0.178 e. The Morgan fingerprint density at radius 1 is 1.07 bits per heavy atom. The van der Waals surface area contributed by atoms with Crippen molar-refractivity contribution in [1.82, 2.24) is 24.7 Å². The van der Waals surface area contributed by atoms with E-state index in [1.165, 1.54) is 6.07 Å². The molecule has 8 heteroatoms. The minimum atomic E-state index is -0.315. The number of nitrogens with zero attached hydrogens (tertiary/aromatic N) is 4. The Kier molecular flexibility index (Phi) is 5.21. The predicted molar refractivity (Wildman–Crippen MR) is 112 cm³/mol. The summed E-state index contributed by atoms with van der Waals surface area (Å²) in [5.41, 5.74) is 3.55. The van der Waals surface area contributed by atoms with Gasteiger partial charge < -0.3 is 4.98 Å². The number of benzene rings is 1. The standard InChI is InChI=1S/C20H19ClFN5.ClH/c1-20(2,3)17-15(21)16(27(4)26-17)19-24-14-10-9-13(23-18(14)25-19)11-7-5-6-8-12(11)22;/h5-10H,1-4H3,(H,23,24,25);1H. The highest BCUT2D eigenvalue weighted by Crippen LogP contribution is 2.36. The third-order valence-corrected chi connectivity index (χ3v) is 4.78. The number of H-pyrrole nitrogens is 1. The lowest BCUT2D eigenvalue weighted by Crippen LogP contribution is -2.12. The van der Waals surface area contributed by atoms with E-state index < -0.39 is 0 Å². The van der Waals surface area contributed by atoms with Crippen molar-refractivity contribution in [2.45, 2.75) is 26.2 Å². The largest absolute Gasteiger partial charge is 0.335 e. The lowest BCUT2D eigenvalue weighted by atomic mass is 9.92. The van der Waals surface area contributed by atoms with Crippen molar-refractivity contribution >= 4 is 35.2 Å². The SMILES string of the molecule is Cl.Cn1nc(C(C)(C)C)c(Cl)c1-c1nc2nc(-c3ccccc3F)ccc2[nH]1. The van der Waals surface area contributed by atoms with E-state index in [1.54, 1.807) is 28.9 Å². The number of hydrogen-bond donors (Lipinski definition) is 1. The lowest BCUT2D eigenvalue weighted by Gasteiger charge is -2.15. The molecule has 0 saturated heterocycles. The molecule has 3 aromatic heterocycles. The number of rotatable bonds is 2. The van der Waals surface area contributed by atoms with Crippen molar-refractivity contribution < 1.29 is 4.39 Å². The van der Waals surface area contributed by atoms with Gasteiger partial charge in [0.15, 0.2) is 11.5 Å². The van der Waals surface area contributed by atoms with Gasteiger partial charge in [0.1, 0.15) is 11.5 Å². The Bertz CT molecular complexity index is 1160. The molecule has 146 valence electrons. The van der Waals surface area contributed by atoms with Crippen molar-refractivity contribution in [1.29, 1.82) is 0 Å². The Morgan fingerprint density at radius 2 is 1.79 bits per heavy atom. The van der Waals surface area contributed by atoms with Crippen molar-refractivity contribution in [3.05, 3.63) is 52.9 Å². The first-order valence-electron chi connectivity index (χ1n) is 8.60. The highest BCUT2D eigenvalue weighted by atomic mass is 35.5. The maximum absolute atomic E-state index is 14.1. The average molecular weight is 420 g/mol. The van der Waals surface area contributed by atoms with Crippen LogP contribution in [0.4, 0.5) is 4.39 Å². The molecule has 0 aliphatic heterocycles. The molecule has 0 atom stereocenters. The minimum absolute atomic E-state index is 0. The molecule has 0 spiro atoms. The van der Waals surface area contributed by atoms with Crippen LogP contribution in [0.25, 0.3) is 33.9 Å². The summed E-state index contributed by atoms with van der Waals surface area (Å²) in [6.45, 7) is 6.18. The number of aromatic nitrogens is 5. The van der Waals surface area contributed by atoms with Gasteiger partial charge in [0.25, 0.3) is 0 Å². The molecule has 0 bridgehead atoms. The summed E-state index contributed by atoms with van der Waals surface area (Å²) < 4.78 is 15.8. The fraction of sp³-hybridized carbons (Fsp3) is 0.250. The van der Waals surface area contributed by atoms with Crippen LogP contribution in [0.3, 0.4) is 0 Å². The Balaban J connectivity index is 0.00000225. The molecule has 0 fully saturated rings. The summed E-state index contributed by atoms with van der Waals surface area (Å²) in [7, 11) is 1.84. The van der Waals surface area contributed by atoms with Crippen molar-refractivity contribution in [2.75, 3.05) is 0 Å². The van der Waals surface area contributed by atoms with Gasteiger partial charge in [0, 0.05) is 18.0 Å². The quantitative estimate of drug-likeness (QED) is 0.464. The number of aryl methyl sites for hydroxylation is 1. The van der Waals surface area contributed by atoms with Crippen molar-refractivity contribution in [2.24, 2.45) is 7.05 Å². The van der Waals surface area contributed by atoms with E-state index in [4.69, 9.17) is 11.6 Å². The second-order valence-corrected chi connectivity index (χ2v) is 7.90.